The summed E-state index contributed by atoms with van der Waals surface area (Å²) in [6, 6.07) is 8.16. The Morgan fingerprint density at radius 1 is 1.00 bits per heavy atom. The van der Waals surface area contributed by atoms with Crippen LogP contribution < -0.4 is 5.14 Å². The molecule has 0 amide bonds. The molecular formula is C21H19N3O4S5. The number of hydrogen-bond donors (Lipinski definition) is 1. The molecule has 12 heteroatoms. The average molecular weight is 538 g/mol. The number of nitrogens with zero attached hydrogens (tertiary/aromatic N) is 2. The third-order valence-corrected chi connectivity index (χ3v) is 10.5. The Balaban J connectivity index is 1.42. The molecule has 2 aromatic heterocycles. The Morgan fingerprint density at radius 3 is 2.18 bits per heavy atom. The molecule has 2 N–H and O–H groups in total. The molecule has 1 aromatic carbocycles. The first kappa shape index (κ1) is 22.8. The van der Waals surface area contributed by atoms with Crippen molar-refractivity contribution in [3.63, 3.8) is 0 Å². The molecule has 0 bridgehead atoms. The van der Waals surface area contributed by atoms with Crippen LogP contribution in [0, 0.1) is 0 Å². The number of fused-ring (bicyclic) bond motifs is 1. The number of thiophene rings is 2. The number of likely N-dealkylation sites (tertiary alicyclic amines) is 1. The second-order valence-electron chi connectivity index (χ2n) is 7.59. The van der Waals surface area contributed by atoms with Crippen LogP contribution >= 0.6 is 34.4 Å². The van der Waals surface area contributed by atoms with E-state index < -0.39 is 20.0 Å². The van der Waals surface area contributed by atoms with Gasteiger partial charge in [0.2, 0.25) is 10.0 Å². The van der Waals surface area contributed by atoms with E-state index in [9.17, 15) is 16.8 Å². The smallest absolute Gasteiger partial charge is 0.285 e. The molecule has 1 saturated heterocycles. The van der Waals surface area contributed by atoms with Gasteiger partial charge >= 0.3 is 0 Å². The second kappa shape index (κ2) is 8.67. The monoisotopic (exact) mass is 537 g/mol. The molecule has 7 nitrogen and oxygen atoms in total. The zero-order chi connectivity index (χ0) is 23.2. The molecule has 4 heterocycles. The van der Waals surface area contributed by atoms with Gasteiger partial charge in [-0.15, -0.1) is 4.40 Å². The Morgan fingerprint density at radius 2 is 1.64 bits per heavy atom. The number of sulfonamides is 2. The van der Waals surface area contributed by atoms with Crippen molar-refractivity contribution in [2.75, 3.05) is 13.1 Å². The summed E-state index contributed by atoms with van der Waals surface area (Å²) in [5.74, 6) is 0. The maximum absolute atomic E-state index is 12.8. The Bertz CT molecular complexity index is 1430. The molecule has 0 radical (unpaired) electrons. The van der Waals surface area contributed by atoms with Gasteiger partial charge in [-0.05, 0) is 93.2 Å². The largest absolute Gasteiger partial charge is 0.350 e. The van der Waals surface area contributed by atoms with Crippen LogP contribution in [0.4, 0.5) is 0 Å². The standard InChI is InChI=1S/C21H19N3O4S5/c22-32(25,26)17-1-2-18-19(11-17)33(27,28)23-21(31-18)24-7-3-14(4-8-24)20(15-5-9-29-12-15)16-6-10-30-13-16/h1-2,5-6,9-13H,3-4,7-8H2,(H2,22,25,26). The van der Waals surface area contributed by atoms with Crippen LogP contribution in [0.3, 0.4) is 0 Å². The number of thioether (sulfide) groups is 1. The lowest BCUT2D eigenvalue weighted by Gasteiger charge is -2.33. The lowest BCUT2D eigenvalue weighted by molar-refractivity contribution is 0.396. The number of piperidine rings is 1. The highest BCUT2D eigenvalue weighted by atomic mass is 32.2. The summed E-state index contributed by atoms with van der Waals surface area (Å²) in [4.78, 5) is 2.07. The van der Waals surface area contributed by atoms with Crippen LogP contribution in [-0.4, -0.2) is 40.0 Å². The maximum Gasteiger partial charge on any atom is 0.285 e. The van der Waals surface area contributed by atoms with E-state index in [0.29, 0.717) is 23.2 Å². The van der Waals surface area contributed by atoms with E-state index in [1.165, 1.54) is 46.2 Å². The molecule has 5 rings (SSSR count). The van der Waals surface area contributed by atoms with Crippen molar-refractivity contribution in [3.05, 3.63) is 68.6 Å². The first-order valence-electron chi connectivity index (χ1n) is 9.94. The van der Waals surface area contributed by atoms with Crippen LogP contribution in [-0.2, 0) is 20.0 Å². The van der Waals surface area contributed by atoms with Crippen molar-refractivity contribution in [2.24, 2.45) is 9.54 Å². The van der Waals surface area contributed by atoms with E-state index in [2.05, 4.69) is 38.1 Å². The summed E-state index contributed by atoms with van der Waals surface area (Å²) >= 11 is 4.58. The van der Waals surface area contributed by atoms with Gasteiger partial charge in [-0.2, -0.15) is 31.1 Å². The summed E-state index contributed by atoms with van der Waals surface area (Å²) in [6.07, 6.45) is 1.61. The number of amidine groups is 1. The minimum atomic E-state index is -4.03. The zero-order valence-electron chi connectivity index (χ0n) is 17.2. The minimum absolute atomic E-state index is 0.127. The molecular weight excluding hydrogens is 519 g/mol. The molecule has 0 saturated carbocycles. The van der Waals surface area contributed by atoms with Crippen molar-refractivity contribution in [3.8, 4) is 0 Å². The Hall–Kier alpha value is -1.96. The van der Waals surface area contributed by atoms with E-state index in [1.807, 2.05) is 4.90 Å². The Kier molecular flexibility index (Phi) is 6.00. The summed E-state index contributed by atoms with van der Waals surface area (Å²) in [6.45, 7) is 1.30. The fourth-order valence-electron chi connectivity index (χ4n) is 3.95. The van der Waals surface area contributed by atoms with Crippen molar-refractivity contribution in [2.45, 2.75) is 27.5 Å². The topological polar surface area (TPSA) is 110 Å². The third-order valence-electron chi connectivity index (χ3n) is 5.53. The van der Waals surface area contributed by atoms with Crippen molar-refractivity contribution in [1.82, 2.24) is 4.90 Å². The molecule has 3 aromatic rings. The fraction of sp³-hybridized carbons (Fsp3) is 0.190. The van der Waals surface area contributed by atoms with E-state index in [-0.39, 0.29) is 9.79 Å². The van der Waals surface area contributed by atoms with Crippen LogP contribution in [0.25, 0.3) is 5.57 Å². The summed E-state index contributed by atoms with van der Waals surface area (Å²) in [7, 11) is -8.04. The first-order chi connectivity index (χ1) is 15.7. The maximum atomic E-state index is 12.8. The van der Waals surface area contributed by atoms with Crippen LogP contribution in [0.5, 0.6) is 0 Å². The van der Waals surface area contributed by atoms with Crippen molar-refractivity contribution < 1.29 is 16.8 Å². The molecule has 33 heavy (non-hydrogen) atoms. The van der Waals surface area contributed by atoms with Gasteiger partial charge in [0.25, 0.3) is 10.0 Å². The van der Waals surface area contributed by atoms with Gasteiger partial charge in [0.15, 0.2) is 5.17 Å². The molecule has 172 valence electrons. The highest BCUT2D eigenvalue weighted by Crippen LogP contribution is 2.39. The third kappa shape index (κ3) is 4.55. The van der Waals surface area contributed by atoms with E-state index >= 15 is 0 Å². The van der Waals surface area contributed by atoms with Gasteiger partial charge in [-0.25, -0.2) is 13.6 Å². The molecule has 0 spiro atoms. The SMILES string of the molecule is NS(=O)(=O)c1ccc2c(c1)S(=O)(=O)N=C(N1CCC(=C(c3ccsc3)c3ccsc3)CC1)S2. The lowest BCUT2D eigenvalue weighted by atomic mass is 9.91. The lowest BCUT2D eigenvalue weighted by Crippen LogP contribution is -2.36. The average Bonchev–Trinajstić information content (AvgIpc) is 3.48. The number of rotatable bonds is 3. The molecule has 0 atom stereocenters. The Labute approximate surface area is 204 Å². The summed E-state index contributed by atoms with van der Waals surface area (Å²) in [5, 5.41) is 14.0. The summed E-state index contributed by atoms with van der Waals surface area (Å²) in [5.41, 5.74) is 5.05. The van der Waals surface area contributed by atoms with Gasteiger partial charge < -0.3 is 4.90 Å². The zero-order valence-corrected chi connectivity index (χ0v) is 21.3. The predicted molar refractivity (Wildman–Crippen MR) is 134 cm³/mol. The van der Waals surface area contributed by atoms with Crippen molar-refractivity contribution >= 4 is 65.2 Å². The second-order valence-corrected chi connectivity index (χ2v) is 13.3. The highest BCUT2D eigenvalue weighted by molar-refractivity contribution is 8.15. The minimum Gasteiger partial charge on any atom is -0.350 e. The number of primary sulfonamides is 1. The number of nitrogens with two attached hydrogens (primary N) is 1. The van der Waals surface area contributed by atoms with E-state index in [0.717, 1.165) is 18.9 Å². The quantitative estimate of drug-likeness (QED) is 0.536. The normalized spacial score (nSPS) is 18.0. The number of hydrogen-bond acceptors (Lipinski definition) is 8. The van der Waals surface area contributed by atoms with E-state index in [4.69, 9.17) is 5.14 Å². The van der Waals surface area contributed by atoms with Gasteiger partial charge in [-0.1, -0.05) is 5.57 Å². The van der Waals surface area contributed by atoms with Crippen LogP contribution in [0.15, 0.2) is 76.5 Å². The van der Waals surface area contributed by atoms with E-state index in [1.54, 1.807) is 22.7 Å². The van der Waals surface area contributed by atoms with Gasteiger partial charge in [0.05, 0.1) is 4.90 Å². The molecule has 1 fully saturated rings. The van der Waals surface area contributed by atoms with Crippen LogP contribution in [0.1, 0.15) is 24.0 Å². The molecule has 2 aliphatic rings. The molecule has 0 aliphatic carbocycles. The van der Waals surface area contributed by atoms with Crippen LogP contribution in [0.2, 0.25) is 0 Å². The highest BCUT2D eigenvalue weighted by Gasteiger charge is 2.31. The fourth-order valence-corrected chi connectivity index (χ4v) is 8.56. The van der Waals surface area contributed by atoms with Gasteiger partial charge in [-0.3, -0.25) is 0 Å². The molecule has 2 aliphatic heterocycles. The van der Waals surface area contributed by atoms with Gasteiger partial charge in [0, 0.05) is 18.0 Å². The first-order valence-corrected chi connectivity index (χ1v) is 15.6. The number of benzene rings is 1. The predicted octanol–water partition coefficient (Wildman–Crippen LogP) is 4.21. The molecule has 0 unspecified atom stereocenters. The summed E-state index contributed by atoms with van der Waals surface area (Å²) < 4.78 is 52.9. The van der Waals surface area contributed by atoms with Gasteiger partial charge in [0.1, 0.15) is 4.90 Å². The van der Waals surface area contributed by atoms with Crippen molar-refractivity contribution in [1.29, 1.82) is 0 Å².